The van der Waals surface area contributed by atoms with E-state index in [2.05, 4.69) is 35.9 Å². The van der Waals surface area contributed by atoms with E-state index in [4.69, 9.17) is 0 Å². The number of alkyl halides is 4. The van der Waals surface area contributed by atoms with E-state index in [1.807, 2.05) is 0 Å². The lowest BCUT2D eigenvalue weighted by atomic mass is 10.2. The predicted molar refractivity (Wildman–Crippen MR) is 60.7 cm³/mol. The first kappa shape index (κ1) is 12.9. The van der Waals surface area contributed by atoms with Crippen molar-refractivity contribution < 1.29 is 13.2 Å². The molecule has 94 valence electrons. The van der Waals surface area contributed by atoms with E-state index in [9.17, 15) is 13.2 Å². The fourth-order valence-electron chi connectivity index (χ4n) is 1.29. The third kappa shape index (κ3) is 2.63. The van der Waals surface area contributed by atoms with E-state index in [0.29, 0.717) is 0 Å². The first-order chi connectivity index (χ1) is 8.52. The van der Waals surface area contributed by atoms with Gasteiger partial charge in [0.15, 0.2) is 11.5 Å². The van der Waals surface area contributed by atoms with Crippen LogP contribution in [0.1, 0.15) is 11.3 Å². The predicted octanol–water partition coefficient (Wildman–Crippen LogP) is 2.85. The van der Waals surface area contributed by atoms with E-state index in [1.165, 1.54) is 18.6 Å². The van der Waals surface area contributed by atoms with Gasteiger partial charge in [0.25, 0.3) is 0 Å². The van der Waals surface area contributed by atoms with Crippen molar-refractivity contribution in [1.82, 2.24) is 19.9 Å². The van der Waals surface area contributed by atoms with E-state index in [1.54, 1.807) is 0 Å². The van der Waals surface area contributed by atoms with Crippen molar-refractivity contribution in [1.29, 1.82) is 0 Å². The van der Waals surface area contributed by atoms with Crippen LogP contribution >= 0.6 is 15.9 Å². The van der Waals surface area contributed by atoms with Gasteiger partial charge < -0.3 is 0 Å². The van der Waals surface area contributed by atoms with Crippen LogP contribution in [0.5, 0.6) is 0 Å². The minimum atomic E-state index is -4.52. The molecule has 0 unspecified atom stereocenters. The van der Waals surface area contributed by atoms with Crippen molar-refractivity contribution in [3.63, 3.8) is 0 Å². The summed E-state index contributed by atoms with van der Waals surface area (Å²) in [7, 11) is 0. The monoisotopic (exact) mass is 318 g/mol. The van der Waals surface area contributed by atoms with Crippen LogP contribution < -0.4 is 0 Å². The first-order valence-electron chi connectivity index (χ1n) is 4.78. The molecule has 0 amide bonds. The van der Waals surface area contributed by atoms with Crippen molar-refractivity contribution in [2.75, 3.05) is 0 Å². The van der Waals surface area contributed by atoms with Gasteiger partial charge in [0.1, 0.15) is 5.69 Å². The third-order valence-electron chi connectivity index (χ3n) is 2.07. The molecular formula is C10H6BrF3N4. The maximum Gasteiger partial charge on any atom is 0.433 e. The van der Waals surface area contributed by atoms with Crippen LogP contribution in [0.25, 0.3) is 11.5 Å². The molecule has 0 saturated carbocycles. The summed E-state index contributed by atoms with van der Waals surface area (Å²) in [6.45, 7) is 0. The molecule has 8 heteroatoms. The SMILES string of the molecule is FC(F)(F)c1nc(-c2cnccn2)ncc1CBr. The smallest absolute Gasteiger partial charge is 0.261 e. The highest BCUT2D eigenvalue weighted by Crippen LogP contribution is 2.32. The molecule has 2 heterocycles. The number of hydrogen-bond donors (Lipinski definition) is 0. The highest BCUT2D eigenvalue weighted by Gasteiger charge is 2.35. The van der Waals surface area contributed by atoms with Crippen LogP contribution in [0.15, 0.2) is 24.8 Å². The summed E-state index contributed by atoms with van der Waals surface area (Å²) < 4.78 is 38.4. The molecule has 2 aromatic heterocycles. The Labute approximate surface area is 108 Å². The van der Waals surface area contributed by atoms with E-state index < -0.39 is 11.9 Å². The zero-order valence-electron chi connectivity index (χ0n) is 8.82. The normalized spacial score (nSPS) is 11.6. The summed E-state index contributed by atoms with van der Waals surface area (Å²) in [5.74, 6) is -0.0971. The highest BCUT2D eigenvalue weighted by molar-refractivity contribution is 9.08. The Bertz CT molecular complexity index is 545. The lowest BCUT2D eigenvalue weighted by Gasteiger charge is -2.10. The largest absolute Gasteiger partial charge is 0.433 e. The minimum absolute atomic E-state index is 0.0184. The summed E-state index contributed by atoms with van der Waals surface area (Å²) in [5.41, 5.74) is -0.783. The number of halogens is 4. The van der Waals surface area contributed by atoms with Gasteiger partial charge in [-0.15, -0.1) is 0 Å². The van der Waals surface area contributed by atoms with E-state index in [-0.39, 0.29) is 22.4 Å². The second-order valence-electron chi connectivity index (χ2n) is 3.29. The van der Waals surface area contributed by atoms with Crippen LogP contribution in [0.2, 0.25) is 0 Å². The molecule has 0 N–H and O–H groups in total. The fraction of sp³-hybridized carbons (Fsp3) is 0.200. The average molecular weight is 319 g/mol. The lowest BCUT2D eigenvalue weighted by Crippen LogP contribution is -2.13. The summed E-state index contributed by atoms with van der Waals surface area (Å²) >= 11 is 2.97. The molecule has 2 rings (SSSR count). The molecule has 0 aliphatic carbocycles. The standard InChI is InChI=1S/C10H6BrF3N4/c11-3-6-4-17-9(7-5-15-1-2-16-7)18-8(6)10(12,13)14/h1-2,4-5H,3H2. The van der Waals surface area contributed by atoms with Gasteiger partial charge in [-0.3, -0.25) is 4.98 Å². The second kappa shape index (κ2) is 4.97. The Morgan fingerprint density at radius 1 is 1.11 bits per heavy atom. The third-order valence-corrected chi connectivity index (χ3v) is 2.67. The summed E-state index contributed by atoms with van der Waals surface area (Å²) in [4.78, 5) is 15.0. The quantitative estimate of drug-likeness (QED) is 0.799. The molecule has 0 fully saturated rings. The molecule has 0 aliphatic rings. The van der Waals surface area contributed by atoms with Crippen LogP contribution in [0, 0.1) is 0 Å². The fourth-order valence-corrected chi connectivity index (χ4v) is 1.70. The van der Waals surface area contributed by atoms with E-state index in [0.717, 1.165) is 6.20 Å². The Hall–Kier alpha value is -1.57. The Morgan fingerprint density at radius 2 is 1.89 bits per heavy atom. The Balaban J connectivity index is 2.53. The maximum absolute atomic E-state index is 12.8. The highest BCUT2D eigenvalue weighted by atomic mass is 79.9. The van der Waals surface area contributed by atoms with Crippen molar-refractivity contribution in [2.45, 2.75) is 11.5 Å². The molecule has 18 heavy (non-hydrogen) atoms. The number of nitrogens with zero attached hydrogens (tertiary/aromatic N) is 4. The Kier molecular flexibility index (Phi) is 3.55. The molecule has 0 spiro atoms. The molecule has 0 atom stereocenters. The molecule has 0 aromatic carbocycles. The van der Waals surface area contributed by atoms with Gasteiger partial charge in [-0.1, -0.05) is 15.9 Å². The lowest BCUT2D eigenvalue weighted by molar-refractivity contribution is -0.141. The molecule has 0 radical (unpaired) electrons. The minimum Gasteiger partial charge on any atom is -0.261 e. The molecule has 4 nitrogen and oxygen atoms in total. The molecule has 0 saturated heterocycles. The molecule has 0 aliphatic heterocycles. The molecule has 2 aromatic rings. The van der Waals surface area contributed by atoms with Gasteiger partial charge in [0.2, 0.25) is 0 Å². The Morgan fingerprint density at radius 3 is 2.44 bits per heavy atom. The topological polar surface area (TPSA) is 51.6 Å². The summed E-state index contributed by atoms with van der Waals surface area (Å²) in [6, 6.07) is 0. The summed E-state index contributed by atoms with van der Waals surface area (Å²) in [5, 5.41) is 0.0303. The van der Waals surface area contributed by atoms with Crippen molar-refractivity contribution in [2.24, 2.45) is 0 Å². The zero-order chi connectivity index (χ0) is 13.2. The van der Waals surface area contributed by atoms with Crippen LogP contribution in [-0.2, 0) is 11.5 Å². The maximum atomic E-state index is 12.8. The zero-order valence-corrected chi connectivity index (χ0v) is 10.4. The van der Waals surface area contributed by atoms with Crippen LogP contribution in [-0.4, -0.2) is 19.9 Å². The van der Waals surface area contributed by atoms with Gasteiger partial charge >= 0.3 is 6.18 Å². The number of aromatic nitrogens is 4. The molecular weight excluding hydrogens is 313 g/mol. The first-order valence-corrected chi connectivity index (χ1v) is 5.90. The average Bonchev–Trinajstić information content (AvgIpc) is 2.38. The summed E-state index contributed by atoms with van der Waals surface area (Å²) in [6.07, 6.45) is 0.701. The number of hydrogen-bond acceptors (Lipinski definition) is 4. The van der Waals surface area contributed by atoms with Gasteiger partial charge in [-0.25, -0.2) is 15.0 Å². The second-order valence-corrected chi connectivity index (χ2v) is 3.85. The van der Waals surface area contributed by atoms with Crippen LogP contribution in [0.4, 0.5) is 13.2 Å². The van der Waals surface area contributed by atoms with Gasteiger partial charge in [-0.05, 0) is 0 Å². The van der Waals surface area contributed by atoms with Crippen molar-refractivity contribution in [3.05, 3.63) is 36.0 Å². The van der Waals surface area contributed by atoms with Crippen molar-refractivity contribution >= 4 is 15.9 Å². The molecule has 0 bridgehead atoms. The van der Waals surface area contributed by atoms with Gasteiger partial charge in [-0.2, -0.15) is 13.2 Å². The van der Waals surface area contributed by atoms with Crippen LogP contribution in [0.3, 0.4) is 0 Å². The van der Waals surface area contributed by atoms with Crippen molar-refractivity contribution in [3.8, 4) is 11.5 Å². The number of rotatable bonds is 2. The van der Waals surface area contributed by atoms with E-state index >= 15 is 0 Å². The van der Waals surface area contributed by atoms with Gasteiger partial charge in [0.05, 0.1) is 6.20 Å². The van der Waals surface area contributed by atoms with Gasteiger partial charge in [0, 0.05) is 29.5 Å².